The Labute approximate surface area is 143 Å². The number of carbonyl (C=O) groups excluding carboxylic acids is 1. The number of halogens is 1. The molecule has 0 saturated heterocycles. The predicted molar refractivity (Wildman–Crippen MR) is 92.2 cm³/mol. The Balaban J connectivity index is 0.00000264. The molecule has 130 valence electrons. The van der Waals surface area contributed by atoms with Crippen LogP contribution in [0.4, 0.5) is 0 Å². The standard InChI is InChI=1S/C15H23N3O3S.ClH/c1-10(2)18-22(20,21)13-5-3-4-12(8-13)15(19)17-14(9-16)11-6-7-11;/h3-5,8,10-11,14,18H,6-7,9,16H2,1-2H3,(H,17,19);1H. The molecule has 0 radical (unpaired) electrons. The van der Waals surface area contributed by atoms with Gasteiger partial charge < -0.3 is 11.1 Å². The molecule has 23 heavy (non-hydrogen) atoms. The number of hydrogen-bond donors (Lipinski definition) is 3. The van der Waals surface area contributed by atoms with Gasteiger partial charge in [0.2, 0.25) is 10.0 Å². The van der Waals surface area contributed by atoms with Crippen molar-refractivity contribution in [2.24, 2.45) is 11.7 Å². The molecule has 4 N–H and O–H groups in total. The number of nitrogens with one attached hydrogen (secondary N) is 2. The summed E-state index contributed by atoms with van der Waals surface area (Å²) in [5.41, 5.74) is 6.00. The topological polar surface area (TPSA) is 101 Å². The summed E-state index contributed by atoms with van der Waals surface area (Å²) in [4.78, 5) is 12.4. The summed E-state index contributed by atoms with van der Waals surface area (Å²) in [6.45, 7) is 3.88. The minimum absolute atomic E-state index is 0. The van der Waals surface area contributed by atoms with E-state index in [9.17, 15) is 13.2 Å². The van der Waals surface area contributed by atoms with Crippen molar-refractivity contribution in [3.63, 3.8) is 0 Å². The molecule has 0 spiro atoms. The molecule has 1 atom stereocenters. The van der Waals surface area contributed by atoms with Gasteiger partial charge in [-0.15, -0.1) is 12.4 Å². The van der Waals surface area contributed by atoms with Gasteiger partial charge in [0.1, 0.15) is 0 Å². The maximum absolute atomic E-state index is 12.3. The zero-order valence-corrected chi connectivity index (χ0v) is 14.9. The molecular formula is C15H24ClN3O3S. The molecule has 1 amide bonds. The molecule has 1 aliphatic carbocycles. The van der Waals surface area contributed by atoms with Gasteiger partial charge in [-0.1, -0.05) is 6.07 Å². The van der Waals surface area contributed by atoms with Gasteiger partial charge in [-0.3, -0.25) is 4.79 Å². The van der Waals surface area contributed by atoms with Crippen molar-refractivity contribution >= 4 is 28.3 Å². The minimum atomic E-state index is -3.61. The van der Waals surface area contributed by atoms with E-state index < -0.39 is 10.0 Å². The van der Waals surface area contributed by atoms with Gasteiger partial charge in [0.05, 0.1) is 4.90 Å². The van der Waals surface area contributed by atoms with E-state index in [-0.39, 0.29) is 35.3 Å². The molecule has 1 saturated carbocycles. The summed E-state index contributed by atoms with van der Waals surface area (Å²) in [7, 11) is -3.61. The molecule has 0 aliphatic heterocycles. The molecule has 1 aromatic carbocycles. The summed E-state index contributed by atoms with van der Waals surface area (Å²) in [6.07, 6.45) is 2.16. The Bertz CT molecular complexity index is 645. The van der Waals surface area contributed by atoms with Crippen molar-refractivity contribution in [1.82, 2.24) is 10.0 Å². The Morgan fingerprint density at radius 2 is 2.00 bits per heavy atom. The molecule has 0 heterocycles. The number of benzene rings is 1. The van der Waals surface area contributed by atoms with Gasteiger partial charge in [-0.25, -0.2) is 13.1 Å². The van der Waals surface area contributed by atoms with Crippen LogP contribution in [0, 0.1) is 5.92 Å². The second-order valence-electron chi connectivity index (χ2n) is 5.96. The largest absolute Gasteiger partial charge is 0.348 e. The Morgan fingerprint density at radius 3 is 2.52 bits per heavy atom. The molecule has 1 fully saturated rings. The highest BCUT2D eigenvalue weighted by Gasteiger charge is 2.31. The van der Waals surface area contributed by atoms with Crippen molar-refractivity contribution < 1.29 is 13.2 Å². The summed E-state index contributed by atoms with van der Waals surface area (Å²) in [5, 5.41) is 2.89. The van der Waals surface area contributed by atoms with Crippen LogP contribution in [0.5, 0.6) is 0 Å². The number of hydrogen-bond acceptors (Lipinski definition) is 4. The summed E-state index contributed by atoms with van der Waals surface area (Å²) < 4.78 is 26.8. The normalized spacial score (nSPS) is 15.8. The third kappa shape index (κ3) is 5.46. The summed E-state index contributed by atoms with van der Waals surface area (Å²) in [5.74, 6) is 0.160. The van der Waals surface area contributed by atoms with Crippen LogP contribution in [0.2, 0.25) is 0 Å². The molecule has 1 aliphatic rings. The SMILES string of the molecule is CC(C)NS(=O)(=O)c1cccc(C(=O)NC(CN)C2CC2)c1.Cl. The Kier molecular flexibility index (Phi) is 7.01. The number of sulfonamides is 1. The highest BCUT2D eigenvalue weighted by molar-refractivity contribution is 7.89. The van der Waals surface area contributed by atoms with E-state index in [1.165, 1.54) is 12.1 Å². The average molecular weight is 362 g/mol. The van der Waals surface area contributed by atoms with E-state index in [0.29, 0.717) is 18.0 Å². The van der Waals surface area contributed by atoms with E-state index >= 15 is 0 Å². The smallest absolute Gasteiger partial charge is 0.251 e. The van der Waals surface area contributed by atoms with Gasteiger partial charge in [0, 0.05) is 24.2 Å². The lowest BCUT2D eigenvalue weighted by Gasteiger charge is -2.16. The third-order valence-electron chi connectivity index (χ3n) is 3.56. The second-order valence-corrected chi connectivity index (χ2v) is 7.67. The van der Waals surface area contributed by atoms with E-state index in [1.807, 2.05) is 0 Å². The molecular weight excluding hydrogens is 338 g/mol. The van der Waals surface area contributed by atoms with Crippen LogP contribution in [-0.4, -0.2) is 33.0 Å². The first-order chi connectivity index (χ1) is 10.3. The number of rotatable bonds is 7. The maximum Gasteiger partial charge on any atom is 0.251 e. The minimum Gasteiger partial charge on any atom is -0.348 e. The van der Waals surface area contributed by atoms with Crippen molar-refractivity contribution in [2.45, 2.75) is 43.7 Å². The molecule has 1 aromatic rings. The van der Waals surface area contributed by atoms with Gasteiger partial charge in [-0.2, -0.15) is 0 Å². The summed E-state index contributed by atoms with van der Waals surface area (Å²) >= 11 is 0. The molecule has 8 heteroatoms. The monoisotopic (exact) mass is 361 g/mol. The lowest BCUT2D eigenvalue weighted by molar-refractivity contribution is 0.0933. The lowest BCUT2D eigenvalue weighted by atomic mass is 10.1. The molecule has 0 aromatic heterocycles. The first kappa shape index (κ1) is 19.9. The fourth-order valence-corrected chi connectivity index (χ4v) is 3.60. The second kappa shape index (κ2) is 8.10. The predicted octanol–water partition coefficient (Wildman–Crippen LogP) is 1.26. The van der Waals surface area contributed by atoms with Crippen molar-refractivity contribution in [3.8, 4) is 0 Å². The van der Waals surface area contributed by atoms with Crippen LogP contribution >= 0.6 is 12.4 Å². The number of nitrogens with two attached hydrogens (primary N) is 1. The van der Waals surface area contributed by atoms with Gasteiger partial charge in [0.25, 0.3) is 5.91 Å². The van der Waals surface area contributed by atoms with Crippen molar-refractivity contribution in [3.05, 3.63) is 29.8 Å². The van der Waals surface area contributed by atoms with Crippen LogP contribution in [0.25, 0.3) is 0 Å². The zero-order chi connectivity index (χ0) is 16.3. The molecule has 6 nitrogen and oxygen atoms in total. The molecule has 2 rings (SSSR count). The fraction of sp³-hybridized carbons (Fsp3) is 0.533. The summed E-state index contributed by atoms with van der Waals surface area (Å²) in [6, 6.07) is 5.78. The Hall–Kier alpha value is -1.15. The number of carbonyl (C=O) groups is 1. The fourth-order valence-electron chi connectivity index (χ4n) is 2.30. The maximum atomic E-state index is 12.3. The van der Waals surface area contributed by atoms with Crippen LogP contribution < -0.4 is 15.8 Å². The van der Waals surface area contributed by atoms with Gasteiger partial charge >= 0.3 is 0 Å². The first-order valence-corrected chi connectivity index (χ1v) is 8.95. The van der Waals surface area contributed by atoms with Crippen LogP contribution in [-0.2, 0) is 10.0 Å². The van der Waals surface area contributed by atoms with E-state index in [2.05, 4.69) is 10.0 Å². The van der Waals surface area contributed by atoms with E-state index in [1.54, 1.807) is 26.0 Å². The first-order valence-electron chi connectivity index (χ1n) is 7.47. The lowest BCUT2D eigenvalue weighted by Crippen LogP contribution is -2.41. The van der Waals surface area contributed by atoms with Gasteiger partial charge in [0.15, 0.2) is 0 Å². The third-order valence-corrected chi connectivity index (χ3v) is 5.22. The van der Waals surface area contributed by atoms with E-state index in [0.717, 1.165) is 12.8 Å². The highest BCUT2D eigenvalue weighted by Crippen LogP contribution is 2.32. The van der Waals surface area contributed by atoms with Crippen LogP contribution in [0.3, 0.4) is 0 Å². The van der Waals surface area contributed by atoms with E-state index in [4.69, 9.17) is 5.73 Å². The average Bonchev–Trinajstić information content (AvgIpc) is 3.28. The highest BCUT2D eigenvalue weighted by atomic mass is 35.5. The van der Waals surface area contributed by atoms with Crippen LogP contribution in [0.15, 0.2) is 29.2 Å². The molecule has 0 bridgehead atoms. The zero-order valence-electron chi connectivity index (χ0n) is 13.3. The van der Waals surface area contributed by atoms with Crippen molar-refractivity contribution in [1.29, 1.82) is 0 Å². The van der Waals surface area contributed by atoms with Crippen molar-refractivity contribution in [2.75, 3.05) is 6.54 Å². The van der Waals surface area contributed by atoms with Gasteiger partial charge in [-0.05, 0) is 50.8 Å². The quantitative estimate of drug-likeness (QED) is 0.680. The van der Waals surface area contributed by atoms with Crippen LogP contribution in [0.1, 0.15) is 37.0 Å². The Morgan fingerprint density at radius 1 is 1.35 bits per heavy atom. The number of amides is 1. The molecule has 1 unspecified atom stereocenters.